The van der Waals surface area contributed by atoms with E-state index in [0.29, 0.717) is 23.5 Å². The Balaban J connectivity index is 1.89. The minimum absolute atomic E-state index is 0.00693. The average Bonchev–Trinajstić information content (AvgIpc) is 2.62. The number of anilines is 1. The van der Waals surface area contributed by atoms with Gasteiger partial charge in [-0.05, 0) is 50.3 Å². The summed E-state index contributed by atoms with van der Waals surface area (Å²) in [6, 6.07) is 4.76. The standard InChI is InChI=1S/C19H28N2O4/c1-2-3-11-21-18(22)13-24-17-12-14(9-10-16(17)20)19(23)25-15-7-5-4-6-8-15/h9-10,12,15H,2-8,11,13,20H2,1H3,(H,21,22). The summed E-state index contributed by atoms with van der Waals surface area (Å²) in [4.78, 5) is 24.0. The summed E-state index contributed by atoms with van der Waals surface area (Å²) in [6.07, 6.45) is 7.17. The van der Waals surface area contributed by atoms with Crippen molar-refractivity contribution in [2.24, 2.45) is 0 Å². The number of nitrogens with one attached hydrogen (secondary N) is 1. The molecule has 1 aromatic rings. The molecule has 0 aromatic heterocycles. The van der Waals surface area contributed by atoms with Crippen molar-refractivity contribution in [2.45, 2.75) is 58.0 Å². The van der Waals surface area contributed by atoms with Crippen LogP contribution in [0.15, 0.2) is 18.2 Å². The van der Waals surface area contributed by atoms with Crippen LogP contribution in [0.3, 0.4) is 0 Å². The molecular weight excluding hydrogens is 320 g/mol. The maximum Gasteiger partial charge on any atom is 0.338 e. The van der Waals surface area contributed by atoms with Gasteiger partial charge in [-0.15, -0.1) is 0 Å². The molecule has 25 heavy (non-hydrogen) atoms. The highest BCUT2D eigenvalue weighted by Gasteiger charge is 2.19. The van der Waals surface area contributed by atoms with E-state index in [1.54, 1.807) is 18.2 Å². The minimum atomic E-state index is -0.371. The Morgan fingerprint density at radius 1 is 1.24 bits per heavy atom. The minimum Gasteiger partial charge on any atom is -0.482 e. The van der Waals surface area contributed by atoms with Gasteiger partial charge in [-0.3, -0.25) is 4.79 Å². The second kappa shape index (κ2) is 9.91. The molecule has 0 spiro atoms. The topological polar surface area (TPSA) is 90.6 Å². The highest BCUT2D eigenvalue weighted by molar-refractivity contribution is 5.91. The fraction of sp³-hybridized carbons (Fsp3) is 0.579. The zero-order chi connectivity index (χ0) is 18.1. The quantitative estimate of drug-likeness (QED) is 0.428. The van der Waals surface area contributed by atoms with Gasteiger partial charge in [0.2, 0.25) is 0 Å². The predicted molar refractivity (Wildman–Crippen MR) is 96.6 cm³/mol. The van der Waals surface area contributed by atoms with Crippen molar-refractivity contribution < 1.29 is 19.1 Å². The first-order chi connectivity index (χ1) is 12.1. The molecule has 1 aliphatic carbocycles. The highest BCUT2D eigenvalue weighted by Crippen LogP contribution is 2.25. The number of benzene rings is 1. The van der Waals surface area contributed by atoms with Crippen molar-refractivity contribution in [3.05, 3.63) is 23.8 Å². The van der Waals surface area contributed by atoms with Crippen molar-refractivity contribution >= 4 is 17.6 Å². The fourth-order valence-corrected chi connectivity index (χ4v) is 2.79. The van der Waals surface area contributed by atoms with Gasteiger partial charge in [-0.2, -0.15) is 0 Å². The third-order valence-electron chi connectivity index (χ3n) is 4.29. The Morgan fingerprint density at radius 3 is 2.72 bits per heavy atom. The lowest BCUT2D eigenvalue weighted by Gasteiger charge is -2.22. The van der Waals surface area contributed by atoms with Crippen LogP contribution in [0.5, 0.6) is 5.75 Å². The van der Waals surface area contributed by atoms with Gasteiger partial charge >= 0.3 is 5.97 Å². The zero-order valence-electron chi connectivity index (χ0n) is 14.9. The molecule has 0 heterocycles. The average molecular weight is 348 g/mol. The van der Waals surface area contributed by atoms with E-state index in [2.05, 4.69) is 12.2 Å². The van der Waals surface area contributed by atoms with E-state index in [0.717, 1.165) is 38.5 Å². The lowest BCUT2D eigenvalue weighted by atomic mass is 9.98. The molecule has 0 bridgehead atoms. The largest absolute Gasteiger partial charge is 0.482 e. The van der Waals surface area contributed by atoms with Crippen molar-refractivity contribution in [1.82, 2.24) is 5.32 Å². The van der Waals surface area contributed by atoms with Crippen molar-refractivity contribution in [3.8, 4) is 5.75 Å². The smallest absolute Gasteiger partial charge is 0.338 e. The maximum atomic E-state index is 12.3. The number of nitrogen functional groups attached to an aromatic ring is 1. The second-order valence-electron chi connectivity index (χ2n) is 6.41. The first-order valence-corrected chi connectivity index (χ1v) is 9.10. The van der Waals surface area contributed by atoms with Gasteiger partial charge in [0.1, 0.15) is 11.9 Å². The fourth-order valence-electron chi connectivity index (χ4n) is 2.79. The molecule has 1 aromatic carbocycles. The summed E-state index contributed by atoms with van der Waals surface area (Å²) in [5, 5.41) is 2.77. The molecule has 6 nitrogen and oxygen atoms in total. The van der Waals surface area contributed by atoms with Gasteiger partial charge in [0.15, 0.2) is 6.61 Å². The zero-order valence-corrected chi connectivity index (χ0v) is 14.9. The molecular formula is C19H28N2O4. The molecule has 138 valence electrons. The Labute approximate surface area is 149 Å². The number of unbranched alkanes of at least 4 members (excludes halogenated alkanes) is 1. The number of carbonyl (C=O) groups excluding carboxylic acids is 2. The van der Waals surface area contributed by atoms with Crippen LogP contribution in [0.25, 0.3) is 0 Å². The molecule has 0 saturated heterocycles. The van der Waals surface area contributed by atoms with E-state index >= 15 is 0 Å². The summed E-state index contributed by atoms with van der Waals surface area (Å²) in [5.41, 5.74) is 6.65. The molecule has 1 aliphatic rings. The van der Waals surface area contributed by atoms with Crippen LogP contribution in [0.4, 0.5) is 5.69 Å². The van der Waals surface area contributed by atoms with Gasteiger partial charge < -0.3 is 20.5 Å². The molecule has 2 rings (SSSR count). The summed E-state index contributed by atoms with van der Waals surface area (Å²) in [6.45, 7) is 2.55. The van der Waals surface area contributed by atoms with Crippen LogP contribution in [0.1, 0.15) is 62.2 Å². The highest BCUT2D eigenvalue weighted by atomic mass is 16.5. The number of ether oxygens (including phenoxy) is 2. The van der Waals surface area contributed by atoms with E-state index in [9.17, 15) is 9.59 Å². The molecule has 6 heteroatoms. The van der Waals surface area contributed by atoms with E-state index < -0.39 is 0 Å². The van der Waals surface area contributed by atoms with E-state index in [4.69, 9.17) is 15.2 Å². The van der Waals surface area contributed by atoms with Crippen molar-refractivity contribution in [2.75, 3.05) is 18.9 Å². The van der Waals surface area contributed by atoms with Crippen molar-refractivity contribution in [1.29, 1.82) is 0 Å². The maximum absolute atomic E-state index is 12.3. The Kier molecular flexibility index (Phi) is 7.57. The molecule has 3 N–H and O–H groups in total. The first-order valence-electron chi connectivity index (χ1n) is 9.10. The van der Waals surface area contributed by atoms with Crippen LogP contribution in [0, 0.1) is 0 Å². The lowest BCUT2D eigenvalue weighted by Crippen LogP contribution is -2.29. The lowest BCUT2D eigenvalue weighted by molar-refractivity contribution is -0.123. The number of rotatable bonds is 8. The molecule has 0 atom stereocenters. The Morgan fingerprint density at radius 2 is 2.00 bits per heavy atom. The van der Waals surface area contributed by atoms with Crippen LogP contribution < -0.4 is 15.8 Å². The second-order valence-corrected chi connectivity index (χ2v) is 6.41. The number of hydrogen-bond donors (Lipinski definition) is 2. The summed E-state index contributed by atoms with van der Waals surface area (Å²) >= 11 is 0. The molecule has 1 saturated carbocycles. The SMILES string of the molecule is CCCCNC(=O)COc1cc(C(=O)OC2CCCCC2)ccc1N. The number of hydrogen-bond acceptors (Lipinski definition) is 5. The van der Waals surface area contributed by atoms with E-state index in [1.165, 1.54) is 6.42 Å². The summed E-state index contributed by atoms with van der Waals surface area (Å²) in [5.74, 6) is -0.254. The predicted octanol–water partition coefficient (Wildman–Crippen LogP) is 3.05. The number of esters is 1. The third-order valence-corrected chi connectivity index (χ3v) is 4.29. The molecule has 0 unspecified atom stereocenters. The van der Waals surface area contributed by atoms with Gasteiger partial charge in [-0.1, -0.05) is 19.8 Å². The van der Waals surface area contributed by atoms with E-state index in [-0.39, 0.29) is 24.6 Å². The molecule has 1 fully saturated rings. The van der Waals surface area contributed by atoms with Crippen LogP contribution in [-0.2, 0) is 9.53 Å². The number of nitrogens with two attached hydrogens (primary N) is 1. The van der Waals surface area contributed by atoms with Gasteiger partial charge in [0.25, 0.3) is 5.91 Å². The van der Waals surface area contributed by atoms with E-state index in [1.807, 2.05) is 0 Å². The Hall–Kier alpha value is -2.24. The number of amides is 1. The van der Waals surface area contributed by atoms with Gasteiger partial charge in [0.05, 0.1) is 11.3 Å². The van der Waals surface area contributed by atoms with Gasteiger partial charge in [0, 0.05) is 6.54 Å². The summed E-state index contributed by atoms with van der Waals surface area (Å²) < 4.78 is 11.0. The molecule has 0 aliphatic heterocycles. The summed E-state index contributed by atoms with van der Waals surface area (Å²) in [7, 11) is 0. The van der Waals surface area contributed by atoms with Crippen LogP contribution in [0.2, 0.25) is 0 Å². The third kappa shape index (κ3) is 6.29. The normalized spacial score (nSPS) is 14.8. The monoisotopic (exact) mass is 348 g/mol. The van der Waals surface area contributed by atoms with Crippen molar-refractivity contribution in [3.63, 3.8) is 0 Å². The first kappa shape index (κ1) is 19.1. The number of carbonyl (C=O) groups is 2. The molecule has 0 radical (unpaired) electrons. The molecule has 1 amide bonds. The van der Waals surface area contributed by atoms with Crippen LogP contribution >= 0.6 is 0 Å². The van der Waals surface area contributed by atoms with Crippen LogP contribution in [-0.4, -0.2) is 31.1 Å². The Bertz CT molecular complexity index is 583. The van der Waals surface area contributed by atoms with Gasteiger partial charge in [-0.25, -0.2) is 4.79 Å².